The molecular formula is C17H20N4O2S. The number of benzene rings is 1. The molecule has 0 N–H and O–H groups in total. The Morgan fingerprint density at radius 1 is 1.33 bits per heavy atom. The van der Waals surface area contributed by atoms with Gasteiger partial charge in [-0.25, -0.2) is 4.68 Å². The summed E-state index contributed by atoms with van der Waals surface area (Å²) in [7, 11) is 0. The van der Waals surface area contributed by atoms with Crippen molar-refractivity contribution in [3.05, 3.63) is 56.7 Å². The maximum absolute atomic E-state index is 10.8. The van der Waals surface area contributed by atoms with Gasteiger partial charge in [0.1, 0.15) is 0 Å². The Hall–Kier alpha value is -2.54. The highest BCUT2D eigenvalue weighted by molar-refractivity contribution is 7.07. The molecule has 0 atom stereocenters. The van der Waals surface area contributed by atoms with Crippen LogP contribution in [-0.4, -0.2) is 21.9 Å². The lowest BCUT2D eigenvalue weighted by atomic mass is 10.1. The zero-order valence-corrected chi connectivity index (χ0v) is 14.8. The van der Waals surface area contributed by atoms with Crippen LogP contribution in [0.2, 0.25) is 0 Å². The van der Waals surface area contributed by atoms with Crippen molar-refractivity contribution in [3.63, 3.8) is 0 Å². The number of nitrogens with zero attached hydrogens (tertiary/aromatic N) is 4. The van der Waals surface area contributed by atoms with E-state index >= 15 is 0 Å². The number of thiazole rings is 1. The number of nitro groups is 1. The van der Waals surface area contributed by atoms with E-state index in [1.165, 1.54) is 23.5 Å². The Morgan fingerprint density at radius 3 is 2.54 bits per heavy atom. The third-order valence-corrected chi connectivity index (χ3v) is 4.18. The van der Waals surface area contributed by atoms with E-state index in [4.69, 9.17) is 0 Å². The second kappa shape index (κ2) is 7.83. The number of nitro benzene ring substituents is 1. The number of aromatic nitrogens is 1. The van der Waals surface area contributed by atoms with Crippen molar-refractivity contribution in [1.82, 2.24) is 4.68 Å². The summed E-state index contributed by atoms with van der Waals surface area (Å²) in [5.41, 5.74) is 3.75. The third kappa shape index (κ3) is 4.26. The average Bonchev–Trinajstić information content (AvgIpc) is 2.95. The first-order valence-electron chi connectivity index (χ1n) is 7.57. The highest BCUT2D eigenvalue weighted by atomic mass is 32.1. The van der Waals surface area contributed by atoms with Gasteiger partial charge in [0.05, 0.1) is 17.2 Å². The summed E-state index contributed by atoms with van der Waals surface area (Å²) in [6, 6.07) is 6.46. The molecule has 2 aromatic rings. The van der Waals surface area contributed by atoms with Crippen molar-refractivity contribution >= 4 is 22.7 Å². The van der Waals surface area contributed by atoms with Crippen LogP contribution in [0.4, 0.5) is 5.69 Å². The normalized spacial score (nSPS) is 12.5. The van der Waals surface area contributed by atoms with Crippen LogP contribution < -0.4 is 4.80 Å². The van der Waals surface area contributed by atoms with E-state index in [1.807, 2.05) is 26.2 Å². The Kier molecular flexibility index (Phi) is 5.81. The summed E-state index contributed by atoms with van der Waals surface area (Å²) in [5, 5.41) is 17.4. The molecule has 1 aromatic carbocycles. The zero-order chi connectivity index (χ0) is 17.7. The maximum Gasteiger partial charge on any atom is 0.269 e. The first-order valence-corrected chi connectivity index (χ1v) is 8.45. The van der Waals surface area contributed by atoms with E-state index in [2.05, 4.69) is 16.7 Å². The summed E-state index contributed by atoms with van der Waals surface area (Å²) < 4.78 is 1.80. The molecular weight excluding hydrogens is 324 g/mol. The zero-order valence-electron chi connectivity index (χ0n) is 14.0. The first-order chi connectivity index (χ1) is 11.4. The fourth-order valence-corrected chi connectivity index (χ4v) is 2.73. The standard InChI is InChI=1S/C17H20N4O2S/c1-5-13(4)19-20-16(11-24-17(20)18-10-12(2)3)14-6-8-15(9-7-14)21(22)23/h6-9,11H,2,5,10H2,1,3-4H3. The topological polar surface area (TPSA) is 72.8 Å². The van der Waals surface area contributed by atoms with Crippen molar-refractivity contribution in [1.29, 1.82) is 0 Å². The Balaban J connectivity index is 2.55. The molecule has 0 amide bonds. The van der Waals surface area contributed by atoms with Gasteiger partial charge in [-0.3, -0.25) is 15.1 Å². The van der Waals surface area contributed by atoms with Crippen LogP contribution in [0, 0.1) is 10.1 Å². The second-order valence-electron chi connectivity index (χ2n) is 5.48. The first kappa shape index (κ1) is 17.8. The van der Waals surface area contributed by atoms with Crippen LogP contribution in [0.1, 0.15) is 27.2 Å². The monoisotopic (exact) mass is 344 g/mol. The van der Waals surface area contributed by atoms with Crippen molar-refractivity contribution in [3.8, 4) is 11.3 Å². The molecule has 0 fully saturated rings. The number of non-ortho nitro benzene ring substituents is 1. The molecule has 0 bridgehead atoms. The molecule has 2 rings (SSSR count). The van der Waals surface area contributed by atoms with Gasteiger partial charge in [-0.2, -0.15) is 5.10 Å². The van der Waals surface area contributed by atoms with Gasteiger partial charge in [-0.15, -0.1) is 11.3 Å². The fourth-order valence-electron chi connectivity index (χ4n) is 1.90. The van der Waals surface area contributed by atoms with E-state index in [0.29, 0.717) is 6.54 Å². The SMILES string of the molecule is C=C(C)CN=c1scc(-c2ccc([N+](=O)[O-])cc2)n1N=C(C)CC. The lowest BCUT2D eigenvalue weighted by Gasteiger charge is -2.05. The fraction of sp³-hybridized carbons (Fsp3) is 0.294. The van der Waals surface area contributed by atoms with Crippen LogP contribution in [0.5, 0.6) is 0 Å². The Morgan fingerprint density at radius 2 is 2.00 bits per heavy atom. The Labute approximate surface area is 144 Å². The van der Waals surface area contributed by atoms with Gasteiger partial charge in [0, 0.05) is 28.8 Å². The minimum absolute atomic E-state index is 0.0703. The van der Waals surface area contributed by atoms with Gasteiger partial charge < -0.3 is 0 Å². The van der Waals surface area contributed by atoms with E-state index in [-0.39, 0.29) is 5.69 Å². The van der Waals surface area contributed by atoms with Crippen molar-refractivity contribution in [2.24, 2.45) is 10.1 Å². The molecule has 6 nitrogen and oxygen atoms in total. The highest BCUT2D eigenvalue weighted by Gasteiger charge is 2.10. The van der Waals surface area contributed by atoms with Crippen molar-refractivity contribution in [2.75, 3.05) is 6.54 Å². The average molecular weight is 344 g/mol. The van der Waals surface area contributed by atoms with Crippen LogP contribution >= 0.6 is 11.3 Å². The number of hydrogen-bond acceptors (Lipinski definition) is 5. The van der Waals surface area contributed by atoms with E-state index in [9.17, 15) is 10.1 Å². The highest BCUT2D eigenvalue weighted by Crippen LogP contribution is 2.23. The molecule has 0 saturated heterocycles. The molecule has 24 heavy (non-hydrogen) atoms. The summed E-state index contributed by atoms with van der Waals surface area (Å²) >= 11 is 1.49. The van der Waals surface area contributed by atoms with Crippen LogP contribution in [0.25, 0.3) is 11.3 Å². The summed E-state index contributed by atoms with van der Waals surface area (Å²) in [4.78, 5) is 15.7. The molecule has 0 aliphatic rings. The van der Waals surface area contributed by atoms with Crippen LogP contribution in [0.3, 0.4) is 0 Å². The lowest BCUT2D eigenvalue weighted by Crippen LogP contribution is -2.14. The predicted octanol–water partition coefficient (Wildman–Crippen LogP) is 4.24. The number of hydrogen-bond donors (Lipinski definition) is 0. The smallest absolute Gasteiger partial charge is 0.258 e. The lowest BCUT2D eigenvalue weighted by molar-refractivity contribution is -0.384. The van der Waals surface area contributed by atoms with Gasteiger partial charge in [0.15, 0.2) is 0 Å². The molecule has 0 unspecified atom stereocenters. The molecule has 0 aliphatic heterocycles. The number of rotatable bonds is 6. The maximum atomic E-state index is 10.8. The minimum Gasteiger partial charge on any atom is -0.258 e. The molecule has 0 saturated carbocycles. The quantitative estimate of drug-likeness (QED) is 0.340. The van der Waals surface area contributed by atoms with Gasteiger partial charge in [-0.05, 0) is 32.4 Å². The summed E-state index contributed by atoms with van der Waals surface area (Å²) in [5.74, 6) is 0. The van der Waals surface area contributed by atoms with Gasteiger partial charge in [0.2, 0.25) is 4.80 Å². The molecule has 0 radical (unpaired) electrons. The van der Waals surface area contributed by atoms with E-state index < -0.39 is 4.92 Å². The Bertz CT molecular complexity index is 844. The predicted molar refractivity (Wildman–Crippen MR) is 98.4 cm³/mol. The van der Waals surface area contributed by atoms with Crippen molar-refractivity contribution < 1.29 is 4.92 Å². The van der Waals surface area contributed by atoms with E-state index in [0.717, 1.165) is 33.8 Å². The summed E-state index contributed by atoms with van der Waals surface area (Å²) in [6.07, 6.45) is 0.836. The minimum atomic E-state index is -0.404. The molecule has 1 heterocycles. The summed E-state index contributed by atoms with van der Waals surface area (Å²) in [6.45, 7) is 10.4. The van der Waals surface area contributed by atoms with Gasteiger partial charge in [0.25, 0.3) is 5.69 Å². The van der Waals surface area contributed by atoms with Crippen LogP contribution in [-0.2, 0) is 0 Å². The van der Waals surface area contributed by atoms with E-state index in [1.54, 1.807) is 16.8 Å². The molecule has 0 aliphatic carbocycles. The third-order valence-electron chi connectivity index (χ3n) is 3.33. The molecule has 0 spiro atoms. The molecule has 126 valence electrons. The largest absolute Gasteiger partial charge is 0.269 e. The second-order valence-corrected chi connectivity index (χ2v) is 6.32. The van der Waals surface area contributed by atoms with Crippen molar-refractivity contribution in [2.45, 2.75) is 27.2 Å². The van der Waals surface area contributed by atoms with Gasteiger partial charge in [-0.1, -0.05) is 19.1 Å². The molecule has 7 heteroatoms. The molecule has 1 aromatic heterocycles. The van der Waals surface area contributed by atoms with Crippen LogP contribution in [0.15, 0.2) is 51.9 Å². The van der Waals surface area contributed by atoms with Gasteiger partial charge >= 0.3 is 0 Å².